The summed E-state index contributed by atoms with van der Waals surface area (Å²) in [5, 5.41) is 3.47. The topological polar surface area (TPSA) is 24.5 Å². The summed E-state index contributed by atoms with van der Waals surface area (Å²) < 4.78 is 5.89. The zero-order chi connectivity index (χ0) is 12.6. The fourth-order valence-corrected chi connectivity index (χ4v) is 1.39. The number of hydrogen-bond acceptors (Lipinski definition) is 3. The molecule has 1 unspecified atom stereocenters. The SMILES string of the molecule is CC(C)CNCC(OCCN(C)C)C(C)C. The Hall–Kier alpha value is -0.120. The third-order valence-electron chi connectivity index (χ3n) is 2.51. The second kappa shape index (κ2) is 8.97. The largest absolute Gasteiger partial charge is 0.375 e. The first-order chi connectivity index (χ1) is 7.43. The maximum atomic E-state index is 5.89. The average molecular weight is 230 g/mol. The second-order valence-electron chi connectivity index (χ2n) is 5.51. The van der Waals surface area contributed by atoms with Gasteiger partial charge in [0, 0.05) is 13.1 Å². The highest BCUT2D eigenvalue weighted by atomic mass is 16.5. The number of ether oxygens (including phenoxy) is 1. The molecule has 3 nitrogen and oxygen atoms in total. The second-order valence-corrected chi connectivity index (χ2v) is 5.51. The van der Waals surface area contributed by atoms with Gasteiger partial charge in [-0.15, -0.1) is 0 Å². The number of rotatable bonds is 9. The van der Waals surface area contributed by atoms with Crippen molar-refractivity contribution in [1.29, 1.82) is 0 Å². The molecular weight excluding hydrogens is 200 g/mol. The van der Waals surface area contributed by atoms with E-state index >= 15 is 0 Å². The van der Waals surface area contributed by atoms with Gasteiger partial charge in [-0.3, -0.25) is 0 Å². The van der Waals surface area contributed by atoms with Gasteiger partial charge in [0.25, 0.3) is 0 Å². The first kappa shape index (κ1) is 15.9. The molecule has 0 saturated heterocycles. The molecule has 98 valence electrons. The molecule has 16 heavy (non-hydrogen) atoms. The third kappa shape index (κ3) is 9.13. The lowest BCUT2D eigenvalue weighted by Crippen LogP contribution is -2.36. The van der Waals surface area contributed by atoms with Gasteiger partial charge < -0.3 is 15.0 Å². The van der Waals surface area contributed by atoms with Gasteiger partial charge in [-0.25, -0.2) is 0 Å². The predicted octanol–water partition coefficient (Wildman–Crippen LogP) is 1.83. The van der Waals surface area contributed by atoms with Crippen molar-refractivity contribution in [2.75, 3.05) is 40.3 Å². The van der Waals surface area contributed by atoms with Gasteiger partial charge in [0.1, 0.15) is 0 Å². The third-order valence-corrected chi connectivity index (χ3v) is 2.51. The summed E-state index contributed by atoms with van der Waals surface area (Å²) in [7, 11) is 4.15. The zero-order valence-corrected chi connectivity index (χ0v) is 11.9. The van der Waals surface area contributed by atoms with Gasteiger partial charge in [0.2, 0.25) is 0 Å². The Morgan fingerprint density at radius 2 is 1.69 bits per heavy atom. The van der Waals surface area contributed by atoms with E-state index in [-0.39, 0.29) is 0 Å². The smallest absolute Gasteiger partial charge is 0.0722 e. The molecule has 3 heteroatoms. The Balaban J connectivity index is 3.71. The van der Waals surface area contributed by atoms with Crippen LogP contribution in [0.25, 0.3) is 0 Å². The predicted molar refractivity (Wildman–Crippen MR) is 70.8 cm³/mol. The fourth-order valence-electron chi connectivity index (χ4n) is 1.39. The fraction of sp³-hybridized carbons (Fsp3) is 1.00. The van der Waals surface area contributed by atoms with Gasteiger partial charge >= 0.3 is 0 Å². The molecule has 0 aromatic heterocycles. The van der Waals surface area contributed by atoms with Crippen molar-refractivity contribution in [3.8, 4) is 0 Å². The minimum atomic E-state index is 0.332. The minimum absolute atomic E-state index is 0.332. The highest BCUT2D eigenvalue weighted by Gasteiger charge is 2.13. The van der Waals surface area contributed by atoms with E-state index in [2.05, 4.69) is 52.0 Å². The molecule has 0 aliphatic carbocycles. The Bertz CT molecular complexity index is 144. The quantitative estimate of drug-likeness (QED) is 0.654. The van der Waals surface area contributed by atoms with Crippen LogP contribution in [0.5, 0.6) is 0 Å². The van der Waals surface area contributed by atoms with Crippen molar-refractivity contribution >= 4 is 0 Å². The molecule has 0 fully saturated rings. The van der Waals surface area contributed by atoms with E-state index in [9.17, 15) is 0 Å². The number of likely N-dealkylation sites (N-methyl/N-ethyl adjacent to an activating group) is 1. The van der Waals surface area contributed by atoms with E-state index in [0.717, 1.165) is 26.2 Å². The Morgan fingerprint density at radius 1 is 1.06 bits per heavy atom. The summed E-state index contributed by atoms with van der Waals surface area (Å²) >= 11 is 0. The van der Waals surface area contributed by atoms with Crippen molar-refractivity contribution < 1.29 is 4.74 Å². The molecule has 0 radical (unpaired) electrons. The Labute approximate surface area is 102 Å². The van der Waals surface area contributed by atoms with Crippen LogP contribution < -0.4 is 5.32 Å². The molecular formula is C13H30N2O. The molecule has 0 saturated carbocycles. The summed E-state index contributed by atoms with van der Waals surface area (Å²) in [6.45, 7) is 12.7. The first-order valence-electron chi connectivity index (χ1n) is 6.40. The van der Waals surface area contributed by atoms with E-state index < -0.39 is 0 Å². The van der Waals surface area contributed by atoms with Crippen LogP contribution in [0.4, 0.5) is 0 Å². The molecule has 1 atom stereocenters. The van der Waals surface area contributed by atoms with Crippen LogP contribution in [0.1, 0.15) is 27.7 Å². The van der Waals surface area contributed by atoms with Gasteiger partial charge in [-0.2, -0.15) is 0 Å². The van der Waals surface area contributed by atoms with E-state index in [1.165, 1.54) is 0 Å². The molecule has 0 heterocycles. The van der Waals surface area contributed by atoms with Crippen molar-refractivity contribution in [2.45, 2.75) is 33.8 Å². The van der Waals surface area contributed by atoms with E-state index in [0.29, 0.717) is 17.9 Å². The van der Waals surface area contributed by atoms with Crippen LogP contribution in [0.2, 0.25) is 0 Å². The maximum Gasteiger partial charge on any atom is 0.0722 e. The van der Waals surface area contributed by atoms with E-state index in [1.54, 1.807) is 0 Å². The summed E-state index contributed by atoms with van der Waals surface area (Å²) in [6.07, 6.45) is 0.332. The van der Waals surface area contributed by atoms with Gasteiger partial charge in [0.15, 0.2) is 0 Å². The van der Waals surface area contributed by atoms with Gasteiger partial charge in [-0.1, -0.05) is 27.7 Å². The van der Waals surface area contributed by atoms with Crippen LogP contribution in [0.3, 0.4) is 0 Å². The normalized spacial score (nSPS) is 14.1. The Kier molecular flexibility index (Phi) is 8.90. The first-order valence-corrected chi connectivity index (χ1v) is 6.40. The molecule has 1 N–H and O–H groups in total. The molecule has 0 spiro atoms. The van der Waals surface area contributed by atoms with Crippen LogP contribution in [-0.4, -0.2) is 51.3 Å². The zero-order valence-electron chi connectivity index (χ0n) is 11.9. The summed E-state index contributed by atoms with van der Waals surface area (Å²) in [6, 6.07) is 0. The van der Waals surface area contributed by atoms with Crippen molar-refractivity contribution in [3.63, 3.8) is 0 Å². The van der Waals surface area contributed by atoms with Crippen LogP contribution >= 0.6 is 0 Å². The molecule has 0 aliphatic rings. The number of hydrogen-bond donors (Lipinski definition) is 1. The van der Waals surface area contributed by atoms with Gasteiger partial charge in [0.05, 0.1) is 12.7 Å². The molecule has 0 amide bonds. The molecule has 0 bridgehead atoms. The van der Waals surface area contributed by atoms with Crippen molar-refractivity contribution in [1.82, 2.24) is 10.2 Å². The lowest BCUT2D eigenvalue weighted by molar-refractivity contribution is 0.0159. The summed E-state index contributed by atoms with van der Waals surface area (Å²) in [5.41, 5.74) is 0. The van der Waals surface area contributed by atoms with E-state index in [1.807, 2.05) is 0 Å². The minimum Gasteiger partial charge on any atom is -0.375 e. The number of nitrogens with zero attached hydrogens (tertiary/aromatic N) is 1. The number of nitrogens with one attached hydrogen (secondary N) is 1. The van der Waals surface area contributed by atoms with Crippen molar-refractivity contribution in [3.05, 3.63) is 0 Å². The average Bonchev–Trinajstić information content (AvgIpc) is 2.14. The van der Waals surface area contributed by atoms with Crippen LogP contribution in [0, 0.1) is 11.8 Å². The van der Waals surface area contributed by atoms with Crippen molar-refractivity contribution in [2.24, 2.45) is 11.8 Å². The molecule has 0 aromatic carbocycles. The monoisotopic (exact) mass is 230 g/mol. The van der Waals surface area contributed by atoms with Crippen LogP contribution in [0.15, 0.2) is 0 Å². The van der Waals surface area contributed by atoms with Gasteiger partial charge in [-0.05, 0) is 32.5 Å². The standard InChI is InChI=1S/C13H30N2O/c1-11(2)9-14-10-13(12(3)4)16-8-7-15(5)6/h11-14H,7-10H2,1-6H3. The highest BCUT2D eigenvalue weighted by Crippen LogP contribution is 2.05. The summed E-state index contributed by atoms with van der Waals surface area (Å²) in [5.74, 6) is 1.27. The molecule has 0 aromatic rings. The lowest BCUT2D eigenvalue weighted by atomic mass is 10.1. The Morgan fingerprint density at radius 3 is 2.12 bits per heavy atom. The molecule has 0 rings (SSSR count). The molecule has 0 aliphatic heterocycles. The summed E-state index contributed by atoms with van der Waals surface area (Å²) in [4.78, 5) is 2.15. The van der Waals surface area contributed by atoms with E-state index in [4.69, 9.17) is 4.74 Å². The maximum absolute atomic E-state index is 5.89. The van der Waals surface area contributed by atoms with Crippen LogP contribution in [-0.2, 0) is 4.74 Å². The highest BCUT2D eigenvalue weighted by molar-refractivity contribution is 4.66. The lowest BCUT2D eigenvalue weighted by Gasteiger charge is -2.23.